The Balaban J connectivity index is 1.82. The Bertz CT molecular complexity index is 881. The van der Waals surface area contributed by atoms with Crippen molar-refractivity contribution < 1.29 is 4.42 Å². The maximum Gasteiger partial charge on any atom is 0.134 e. The minimum Gasteiger partial charge on any atom is -0.464 e. The summed E-state index contributed by atoms with van der Waals surface area (Å²) in [5.74, 6) is 0. The van der Waals surface area contributed by atoms with Gasteiger partial charge in [0, 0.05) is 23.2 Å². The Hall–Kier alpha value is -3.24. The van der Waals surface area contributed by atoms with Crippen LogP contribution < -0.4 is 5.32 Å². The van der Waals surface area contributed by atoms with E-state index in [2.05, 4.69) is 5.32 Å². The second-order valence-corrected chi connectivity index (χ2v) is 4.59. The van der Waals surface area contributed by atoms with Crippen LogP contribution >= 0.6 is 0 Å². The first-order chi connectivity index (χ1) is 10.3. The third-order valence-electron chi connectivity index (χ3n) is 3.30. The lowest BCUT2D eigenvalue weighted by atomic mass is 10.1. The number of hydrogen-bond donors (Lipinski definition) is 1. The third kappa shape index (κ3) is 2.43. The van der Waals surface area contributed by atoms with Crippen molar-refractivity contribution in [3.05, 3.63) is 65.4 Å². The molecule has 0 saturated heterocycles. The Morgan fingerprint density at radius 2 is 1.81 bits per heavy atom. The van der Waals surface area contributed by atoms with Gasteiger partial charge in [-0.1, -0.05) is 18.2 Å². The zero-order chi connectivity index (χ0) is 14.7. The SMILES string of the molecule is N#Cc1ccc(NCc2coc3ccccc23)cc1C#N. The summed E-state index contributed by atoms with van der Waals surface area (Å²) in [6.45, 7) is 0.591. The minimum atomic E-state index is 0.375. The van der Waals surface area contributed by atoms with Crippen molar-refractivity contribution in [1.82, 2.24) is 0 Å². The topological polar surface area (TPSA) is 72.8 Å². The average molecular weight is 273 g/mol. The van der Waals surface area contributed by atoms with Gasteiger partial charge >= 0.3 is 0 Å². The summed E-state index contributed by atoms with van der Waals surface area (Å²) in [7, 11) is 0. The van der Waals surface area contributed by atoms with Gasteiger partial charge < -0.3 is 9.73 Å². The lowest BCUT2D eigenvalue weighted by Gasteiger charge is -2.06. The van der Waals surface area contributed by atoms with Crippen molar-refractivity contribution in [2.45, 2.75) is 6.54 Å². The summed E-state index contributed by atoms with van der Waals surface area (Å²) in [6, 6.07) is 17.0. The molecule has 4 nitrogen and oxygen atoms in total. The molecule has 0 atom stereocenters. The number of hydrogen-bond acceptors (Lipinski definition) is 4. The van der Waals surface area contributed by atoms with Crippen LogP contribution in [0.1, 0.15) is 16.7 Å². The van der Waals surface area contributed by atoms with Crippen LogP contribution in [-0.4, -0.2) is 0 Å². The van der Waals surface area contributed by atoms with Gasteiger partial charge in [0.2, 0.25) is 0 Å². The molecule has 3 rings (SSSR count). The fraction of sp³-hybridized carbons (Fsp3) is 0.0588. The molecule has 0 radical (unpaired) electrons. The maximum absolute atomic E-state index is 9.02. The fourth-order valence-corrected chi connectivity index (χ4v) is 2.21. The van der Waals surface area contributed by atoms with Crippen LogP contribution in [0.4, 0.5) is 5.69 Å². The van der Waals surface area contributed by atoms with Crippen molar-refractivity contribution >= 4 is 16.7 Å². The molecule has 4 heteroatoms. The van der Waals surface area contributed by atoms with E-state index in [9.17, 15) is 0 Å². The molecule has 0 saturated carbocycles. The number of rotatable bonds is 3. The van der Waals surface area contributed by atoms with Crippen LogP contribution in [0, 0.1) is 22.7 Å². The van der Waals surface area contributed by atoms with Gasteiger partial charge in [0.15, 0.2) is 0 Å². The average Bonchev–Trinajstić information content (AvgIpc) is 2.96. The van der Waals surface area contributed by atoms with Crippen molar-refractivity contribution in [3.8, 4) is 12.1 Å². The van der Waals surface area contributed by atoms with E-state index in [1.807, 2.05) is 36.4 Å². The Morgan fingerprint density at radius 3 is 2.62 bits per heavy atom. The standard InChI is InChI=1S/C17H11N3O/c18-8-12-5-6-15(7-13(12)9-19)20-10-14-11-21-17-4-2-1-3-16(14)17/h1-7,11,20H,10H2. The first-order valence-electron chi connectivity index (χ1n) is 6.45. The summed E-state index contributed by atoms with van der Waals surface area (Å²) < 4.78 is 5.48. The van der Waals surface area contributed by atoms with E-state index >= 15 is 0 Å². The van der Waals surface area contributed by atoms with E-state index in [0.717, 1.165) is 22.2 Å². The number of nitrogens with zero attached hydrogens (tertiary/aromatic N) is 2. The molecular formula is C17H11N3O. The summed E-state index contributed by atoms with van der Waals surface area (Å²) in [5, 5.41) is 22.2. The normalized spacial score (nSPS) is 10.0. The zero-order valence-electron chi connectivity index (χ0n) is 11.1. The zero-order valence-corrected chi connectivity index (χ0v) is 11.1. The van der Waals surface area contributed by atoms with Crippen molar-refractivity contribution in [1.29, 1.82) is 10.5 Å². The van der Waals surface area contributed by atoms with Crippen LogP contribution in [0.15, 0.2) is 53.1 Å². The Morgan fingerprint density at radius 1 is 1.00 bits per heavy atom. The van der Waals surface area contributed by atoms with Gasteiger partial charge in [0.1, 0.15) is 17.7 Å². The fourth-order valence-electron chi connectivity index (χ4n) is 2.21. The molecule has 0 aliphatic heterocycles. The summed E-state index contributed by atoms with van der Waals surface area (Å²) in [4.78, 5) is 0. The van der Waals surface area contributed by atoms with Crippen molar-refractivity contribution in [2.75, 3.05) is 5.32 Å². The molecule has 1 N–H and O–H groups in total. The highest BCUT2D eigenvalue weighted by atomic mass is 16.3. The van der Waals surface area contributed by atoms with Crippen molar-refractivity contribution in [2.24, 2.45) is 0 Å². The lowest BCUT2D eigenvalue weighted by molar-refractivity contribution is 0.611. The summed E-state index contributed by atoms with van der Waals surface area (Å²) in [5.41, 5.74) is 3.47. The van der Waals surface area contributed by atoms with E-state index in [1.165, 1.54) is 0 Å². The Labute approximate surface area is 121 Å². The molecule has 0 spiro atoms. The van der Waals surface area contributed by atoms with E-state index < -0.39 is 0 Å². The molecule has 1 heterocycles. The van der Waals surface area contributed by atoms with Gasteiger partial charge in [0.05, 0.1) is 17.4 Å². The van der Waals surface area contributed by atoms with E-state index in [1.54, 1.807) is 24.5 Å². The molecular weight excluding hydrogens is 262 g/mol. The predicted molar refractivity (Wildman–Crippen MR) is 79.4 cm³/mol. The van der Waals surface area contributed by atoms with Gasteiger partial charge in [-0.05, 0) is 24.3 Å². The number of furan rings is 1. The quantitative estimate of drug-likeness (QED) is 0.788. The molecule has 3 aromatic rings. The van der Waals surface area contributed by atoms with E-state index in [0.29, 0.717) is 17.7 Å². The molecule has 0 amide bonds. The van der Waals surface area contributed by atoms with Crippen LogP contribution in [0.2, 0.25) is 0 Å². The van der Waals surface area contributed by atoms with Crippen LogP contribution in [0.3, 0.4) is 0 Å². The largest absolute Gasteiger partial charge is 0.464 e. The second-order valence-electron chi connectivity index (χ2n) is 4.59. The van der Waals surface area contributed by atoms with Crippen LogP contribution in [-0.2, 0) is 6.54 Å². The monoisotopic (exact) mass is 273 g/mol. The predicted octanol–water partition coefficient (Wildman–Crippen LogP) is 3.79. The molecule has 0 fully saturated rings. The number of para-hydroxylation sites is 1. The minimum absolute atomic E-state index is 0.375. The van der Waals surface area contributed by atoms with Gasteiger partial charge in [-0.3, -0.25) is 0 Å². The third-order valence-corrected chi connectivity index (χ3v) is 3.30. The molecule has 100 valence electrons. The van der Waals surface area contributed by atoms with Gasteiger partial charge in [0.25, 0.3) is 0 Å². The van der Waals surface area contributed by atoms with Gasteiger partial charge in [-0.2, -0.15) is 10.5 Å². The maximum atomic E-state index is 9.02. The molecule has 0 aliphatic rings. The molecule has 1 aromatic heterocycles. The number of anilines is 1. The van der Waals surface area contributed by atoms with Crippen molar-refractivity contribution in [3.63, 3.8) is 0 Å². The number of nitrogens with one attached hydrogen (secondary N) is 1. The highest BCUT2D eigenvalue weighted by Gasteiger charge is 2.06. The van der Waals surface area contributed by atoms with Crippen LogP contribution in [0.5, 0.6) is 0 Å². The Kier molecular flexibility index (Phi) is 3.29. The first-order valence-corrected chi connectivity index (χ1v) is 6.45. The van der Waals surface area contributed by atoms with Gasteiger partial charge in [-0.15, -0.1) is 0 Å². The number of nitriles is 2. The van der Waals surface area contributed by atoms with E-state index in [4.69, 9.17) is 14.9 Å². The second kappa shape index (κ2) is 5.40. The van der Waals surface area contributed by atoms with E-state index in [-0.39, 0.29) is 0 Å². The summed E-state index contributed by atoms with van der Waals surface area (Å²) >= 11 is 0. The summed E-state index contributed by atoms with van der Waals surface area (Å²) in [6.07, 6.45) is 1.73. The molecule has 2 aromatic carbocycles. The number of fused-ring (bicyclic) bond motifs is 1. The molecule has 21 heavy (non-hydrogen) atoms. The van der Waals surface area contributed by atoms with Crippen LogP contribution in [0.25, 0.3) is 11.0 Å². The smallest absolute Gasteiger partial charge is 0.134 e. The highest BCUT2D eigenvalue weighted by molar-refractivity contribution is 5.81. The highest BCUT2D eigenvalue weighted by Crippen LogP contribution is 2.22. The molecule has 0 aliphatic carbocycles. The molecule has 0 unspecified atom stereocenters. The first kappa shape index (κ1) is 12.8. The lowest BCUT2D eigenvalue weighted by Crippen LogP contribution is -1.99. The molecule has 0 bridgehead atoms. The number of benzene rings is 2. The van der Waals surface area contributed by atoms with Gasteiger partial charge in [-0.25, -0.2) is 0 Å².